The summed E-state index contributed by atoms with van der Waals surface area (Å²) in [5.41, 5.74) is 0. The lowest BCUT2D eigenvalue weighted by Gasteiger charge is -2.21. The molecule has 0 rings (SSSR count). The molecule has 0 aromatic rings. The predicted molar refractivity (Wildman–Crippen MR) is 26.8 cm³/mol. The third-order valence-corrected chi connectivity index (χ3v) is 1.18. The van der Waals surface area contributed by atoms with Gasteiger partial charge in [-0.2, -0.15) is 26.3 Å². The van der Waals surface area contributed by atoms with Gasteiger partial charge in [0.1, 0.15) is 0 Å². The molecule has 14 heavy (non-hydrogen) atoms. The molecule has 0 heterocycles. The largest absolute Gasteiger partial charge is 0.422 e. The SMILES string of the molecule is FC(C(F)C(F)(F)F)C(F)C(F)(F)F. The molecule has 0 aliphatic rings. The van der Waals surface area contributed by atoms with Crippen LogP contribution in [0.2, 0.25) is 0 Å². The smallest absolute Gasteiger partial charge is 0.240 e. The van der Waals surface area contributed by atoms with E-state index in [9.17, 15) is 39.5 Å². The van der Waals surface area contributed by atoms with E-state index >= 15 is 0 Å². The number of hydrogen-bond acceptors (Lipinski definition) is 0. The van der Waals surface area contributed by atoms with Gasteiger partial charge in [0.05, 0.1) is 0 Å². The number of halogens is 9. The van der Waals surface area contributed by atoms with Gasteiger partial charge >= 0.3 is 12.4 Å². The van der Waals surface area contributed by atoms with E-state index in [0.717, 1.165) is 0 Å². The van der Waals surface area contributed by atoms with E-state index < -0.39 is 30.9 Å². The van der Waals surface area contributed by atoms with Gasteiger partial charge in [-0.1, -0.05) is 0 Å². The highest BCUT2D eigenvalue weighted by atomic mass is 19.4. The zero-order chi connectivity index (χ0) is 11.7. The molecule has 86 valence electrons. The average Bonchev–Trinajstić information content (AvgIpc) is 1.97. The molecule has 0 bridgehead atoms. The molecular weight excluding hydrogens is 231 g/mol. The van der Waals surface area contributed by atoms with Gasteiger partial charge in [0.25, 0.3) is 0 Å². The van der Waals surface area contributed by atoms with Crippen molar-refractivity contribution in [3.63, 3.8) is 0 Å². The van der Waals surface area contributed by atoms with Crippen LogP contribution in [-0.4, -0.2) is 30.9 Å². The Labute approximate surface area is 71.7 Å². The van der Waals surface area contributed by atoms with Gasteiger partial charge in [0.15, 0.2) is 6.17 Å². The summed E-state index contributed by atoms with van der Waals surface area (Å²) in [6.07, 6.45) is -25.0. The summed E-state index contributed by atoms with van der Waals surface area (Å²) in [6.45, 7) is 0. The topological polar surface area (TPSA) is 0 Å². The van der Waals surface area contributed by atoms with Crippen molar-refractivity contribution in [2.75, 3.05) is 0 Å². The first kappa shape index (κ1) is 13.4. The summed E-state index contributed by atoms with van der Waals surface area (Å²) in [4.78, 5) is 0. The van der Waals surface area contributed by atoms with Crippen LogP contribution in [0.3, 0.4) is 0 Å². The normalized spacial score (nSPS) is 20.4. The van der Waals surface area contributed by atoms with E-state index in [1.165, 1.54) is 0 Å². The Balaban J connectivity index is 4.56. The molecule has 0 amide bonds. The van der Waals surface area contributed by atoms with Crippen molar-refractivity contribution >= 4 is 0 Å². The minimum atomic E-state index is -5.85. The molecule has 0 spiro atoms. The lowest BCUT2D eigenvalue weighted by molar-refractivity contribution is -0.239. The lowest BCUT2D eigenvalue weighted by Crippen LogP contribution is -2.45. The number of rotatable bonds is 2. The van der Waals surface area contributed by atoms with E-state index in [-0.39, 0.29) is 0 Å². The van der Waals surface area contributed by atoms with Gasteiger partial charge in [0.2, 0.25) is 12.3 Å². The highest BCUT2D eigenvalue weighted by molar-refractivity contribution is 4.85. The van der Waals surface area contributed by atoms with Crippen molar-refractivity contribution in [3.05, 3.63) is 0 Å². The molecule has 0 saturated heterocycles. The fourth-order valence-electron chi connectivity index (χ4n) is 0.509. The fourth-order valence-corrected chi connectivity index (χ4v) is 0.509. The van der Waals surface area contributed by atoms with Crippen molar-refractivity contribution in [3.8, 4) is 0 Å². The van der Waals surface area contributed by atoms with Gasteiger partial charge < -0.3 is 0 Å². The van der Waals surface area contributed by atoms with Crippen molar-refractivity contribution < 1.29 is 39.5 Å². The quantitative estimate of drug-likeness (QED) is 0.644. The van der Waals surface area contributed by atoms with Crippen LogP contribution in [0.5, 0.6) is 0 Å². The molecule has 0 radical (unpaired) electrons. The maximum atomic E-state index is 12.0. The molecule has 0 aliphatic carbocycles. The Morgan fingerprint density at radius 3 is 0.929 bits per heavy atom. The minimum absolute atomic E-state index is 4.30. The minimum Gasteiger partial charge on any atom is -0.240 e. The predicted octanol–water partition coefficient (Wildman–Crippen LogP) is 3.13. The molecule has 9 heteroatoms. The average molecular weight is 234 g/mol. The second-order valence-electron chi connectivity index (χ2n) is 2.33. The van der Waals surface area contributed by atoms with Crippen LogP contribution in [0, 0.1) is 0 Å². The molecule has 0 fully saturated rings. The monoisotopic (exact) mass is 234 g/mol. The van der Waals surface area contributed by atoms with Gasteiger partial charge in [-0.3, -0.25) is 0 Å². The Morgan fingerprint density at radius 2 is 0.786 bits per heavy atom. The Kier molecular flexibility index (Phi) is 3.68. The van der Waals surface area contributed by atoms with E-state index in [0.29, 0.717) is 0 Å². The Morgan fingerprint density at radius 1 is 0.571 bits per heavy atom. The van der Waals surface area contributed by atoms with Gasteiger partial charge in [-0.25, -0.2) is 13.2 Å². The molecule has 0 aromatic carbocycles. The van der Waals surface area contributed by atoms with Crippen LogP contribution >= 0.6 is 0 Å². The van der Waals surface area contributed by atoms with Gasteiger partial charge in [-0.15, -0.1) is 0 Å². The van der Waals surface area contributed by atoms with Crippen LogP contribution in [0.4, 0.5) is 39.5 Å². The molecule has 0 saturated carbocycles. The first-order chi connectivity index (χ1) is 5.98. The van der Waals surface area contributed by atoms with E-state index in [4.69, 9.17) is 0 Å². The highest BCUT2D eigenvalue weighted by Gasteiger charge is 2.56. The van der Waals surface area contributed by atoms with Crippen molar-refractivity contribution in [1.82, 2.24) is 0 Å². The van der Waals surface area contributed by atoms with E-state index in [1.54, 1.807) is 0 Å². The van der Waals surface area contributed by atoms with Crippen molar-refractivity contribution in [1.29, 1.82) is 0 Å². The van der Waals surface area contributed by atoms with Gasteiger partial charge in [0, 0.05) is 0 Å². The van der Waals surface area contributed by atoms with Crippen molar-refractivity contribution in [2.45, 2.75) is 30.9 Å². The van der Waals surface area contributed by atoms with Crippen LogP contribution < -0.4 is 0 Å². The Bertz CT molecular complexity index is 159. The molecule has 2 atom stereocenters. The number of hydrogen-bond donors (Lipinski definition) is 0. The lowest BCUT2D eigenvalue weighted by atomic mass is 10.1. The van der Waals surface area contributed by atoms with Crippen molar-refractivity contribution in [2.24, 2.45) is 0 Å². The van der Waals surface area contributed by atoms with Crippen LogP contribution in [-0.2, 0) is 0 Å². The van der Waals surface area contributed by atoms with Crippen LogP contribution in [0.25, 0.3) is 0 Å². The molecule has 0 aromatic heterocycles. The summed E-state index contributed by atoms with van der Waals surface area (Å²) in [6, 6.07) is 0. The number of alkyl halides is 9. The van der Waals surface area contributed by atoms with E-state index in [1.807, 2.05) is 0 Å². The summed E-state index contributed by atoms with van der Waals surface area (Å²) in [7, 11) is 0. The summed E-state index contributed by atoms with van der Waals surface area (Å²) >= 11 is 0. The van der Waals surface area contributed by atoms with Gasteiger partial charge in [-0.05, 0) is 0 Å². The fraction of sp³-hybridized carbons (Fsp3) is 1.00. The zero-order valence-electron chi connectivity index (χ0n) is 6.13. The Hall–Kier alpha value is -0.630. The zero-order valence-corrected chi connectivity index (χ0v) is 6.13. The van der Waals surface area contributed by atoms with Crippen LogP contribution in [0.1, 0.15) is 0 Å². The highest BCUT2D eigenvalue weighted by Crippen LogP contribution is 2.34. The van der Waals surface area contributed by atoms with Crippen LogP contribution in [0.15, 0.2) is 0 Å². The summed E-state index contributed by atoms with van der Waals surface area (Å²) in [5.74, 6) is 0. The first-order valence-electron chi connectivity index (χ1n) is 3.03. The molecule has 2 unspecified atom stereocenters. The first-order valence-corrected chi connectivity index (χ1v) is 3.03. The molecule has 0 N–H and O–H groups in total. The second-order valence-corrected chi connectivity index (χ2v) is 2.33. The third kappa shape index (κ3) is 3.26. The molecule has 0 nitrogen and oxygen atoms in total. The second kappa shape index (κ2) is 3.85. The van der Waals surface area contributed by atoms with E-state index in [2.05, 4.69) is 0 Å². The molecule has 0 aliphatic heterocycles. The maximum Gasteiger partial charge on any atom is 0.422 e. The summed E-state index contributed by atoms with van der Waals surface area (Å²) in [5, 5.41) is 0. The summed E-state index contributed by atoms with van der Waals surface area (Å²) < 4.78 is 103. The standard InChI is InChI=1S/C5H3F9/c6-1(2(7)4(9,10)11)3(8)5(12,13)14/h1-3H. The third-order valence-electron chi connectivity index (χ3n) is 1.18. The maximum absolute atomic E-state index is 12.0. The molecular formula is C5H3F9.